The second-order valence-electron chi connectivity index (χ2n) is 7.50. The molecule has 0 saturated carbocycles. The zero-order chi connectivity index (χ0) is 19.0. The number of fused-ring (bicyclic) bond motifs is 1. The SMILES string of the molecule is C[C@@H]1CN(C(=O)c2oc3ccccc3c2CSc2cccs2)CC(C)(C)O1. The summed E-state index contributed by atoms with van der Waals surface area (Å²) in [4.78, 5) is 15.2. The minimum atomic E-state index is -0.356. The zero-order valence-corrected chi connectivity index (χ0v) is 17.4. The molecule has 3 aromatic rings. The summed E-state index contributed by atoms with van der Waals surface area (Å²) in [5.41, 5.74) is 1.39. The van der Waals surface area contributed by atoms with Crippen LogP contribution in [0.25, 0.3) is 11.0 Å². The predicted octanol–water partition coefficient (Wildman–Crippen LogP) is 5.43. The summed E-state index contributed by atoms with van der Waals surface area (Å²) in [7, 11) is 0. The van der Waals surface area contributed by atoms with Crippen molar-refractivity contribution < 1.29 is 13.9 Å². The van der Waals surface area contributed by atoms with E-state index >= 15 is 0 Å². The van der Waals surface area contributed by atoms with Crippen LogP contribution >= 0.6 is 23.1 Å². The molecule has 1 atom stereocenters. The number of nitrogens with zero attached hydrogens (tertiary/aromatic N) is 1. The van der Waals surface area contributed by atoms with Crippen molar-refractivity contribution in [3.8, 4) is 0 Å². The van der Waals surface area contributed by atoms with Gasteiger partial charge < -0.3 is 14.1 Å². The van der Waals surface area contributed by atoms with E-state index in [1.54, 1.807) is 23.1 Å². The Bertz CT molecular complexity index is 946. The fraction of sp³-hybridized carbons (Fsp3) is 0.381. The van der Waals surface area contributed by atoms with Gasteiger partial charge in [0, 0.05) is 29.8 Å². The minimum Gasteiger partial charge on any atom is -0.451 e. The molecule has 1 aliphatic heterocycles. The van der Waals surface area contributed by atoms with Crippen LogP contribution in [-0.4, -0.2) is 35.6 Å². The number of hydrogen-bond donors (Lipinski definition) is 0. The first-order chi connectivity index (χ1) is 12.9. The highest BCUT2D eigenvalue weighted by atomic mass is 32.2. The third kappa shape index (κ3) is 3.93. The molecule has 27 heavy (non-hydrogen) atoms. The Morgan fingerprint density at radius 2 is 2.11 bits per heavy atom. The molecule has 1 amide bonds. The van der Waals surface area contributed by atoms with E-state index in [1.165, 1.54) is 4.21 Å². The number of morpholine rings is 1. The van der Waals surface area contributed by atoms with Crippen LogP contribution in [0.15, 0.2) is 50.4 Å². The number of ether oxygens (including phenoxy) is 1. The fourth-order valence-electron chi connectivity index (χ4n) is 3.66. The first kappa shape index (κ1) is 18.6. The van der Waals surface area contributed by atoms with Gasteiger partial charge >= 0.3 is 0 Å². The molecule has 142 valence electrons. The van der Waals surface area contributed by atoms with Crippen molar-refractivity contribution in [1.29, 1.82) is 0 Å². The average molecular weight is 402 g/mol. The van der Waals surface area contributed by atoms with Crippen LogP contribution in [0.3, 0.4) is 0 Å². The molecule has 0 N–H and O–H groups in total. The fourth-order valence-corrected chi connectivity index (χ4v) is 5.47. The molecule has 3 heterocycles. The highest BCUT2D eigenvalue weighted by Crippen LogP contribution is 2.35. The lowest BCUT2D eigenvalue weighted by Gasteiger charge is -2.41. The third-order valence-electron chi connectivity index (χ3n) is 4.60. The highest BCUT2D eigenvalue weighted by molar-refractivity contribution is 8.00. The largest absolute Gasteiger partial charge is 0.451 e. The molecule has 0 bridgehead atoms. The number of thiophene rings is 1. The summed E-state index contributed by atoms with van der Waals surface area (Å²) in [6, 6.07) is 12.0. The smallest absolute Gasteiger partial charge is 0.290 e. The van der Waals surface area contributed by atoms with Gasteiger partial charge in [-0.3, -0.25) is 4.79 Å². The summed E-state index contributed by atoms with van der Waals surface area (Å²) in [6.45, 7) is 7.19. The van der Waals surface area contributed by atoms with Crippen LogP contribution in [0.5, 0.6) is 0 Å². The Balaban J connectivity index is 1.67. The molecule has 0 radical (unpaired) electrons. The number of rotatable bonds is 4. The third-order valence-corrected chi connectivity index (χ3v) is 6.76. The van der Waals surface area contributed by atoms with Crippen molar-refractivity contribution >= 4 is 40.0 Å². The van der Waals surface area contributed by atoms with Crippen molar-refractivity contribution in [2.24, 2.45) is 0 Å². The van der Waals surface area contributed by atoms with Crippen molar-refractivity contribution in [3.63, 3.8) is 0 Å². The van der Waals surface area contributed by atoms with E-state index < -0.39 is 0 Å². The number of para-hydroxylation sites is 1. The number of hydrogen-bond acceptors (Lipinski definition) is 5. The molecular formula is C21H23NO3S2. The minimum absolute atomic E-state index is 0.00558. The Kier molecular flexibility index (Phi) is 5.05. The Morgan fingerprint density at radius 1 is 1.30 bits per heavy atom. The van der Waals surface area contributed by atoms with Gasteiger partial charge in [-0.05, 0) is 38.3 Å². The Labute approximate surface area is 167 Å². The molecule has 1 aromatic carbocycles. The van der Waals surface area contributed by atoms with E-state index in [-0.39, 0.29) is 17.6 Å². The first-order valence-corrected chi connectivity index (χ1v) is 10.9. The lowest BCUT2D eigenvalue weighted by Crippen LogP contribution is -2.53. The monoisotopic (exact) mass is 401 g/mol. The van der Waals surface area contributed by atoms with Crippen LogP contribution in [0.1, 0.15) is 36.9 Å². The van der Waals surface area contributed by atoms with Gasteiger partial charge in [-0.1, -0.05) is 24.3 Å². The molecule has 0 unspecified atom stereocenters. The first-order valence-electron chi connectivity index (χ1n) is 9.07. The topological polar surface area (TPSA) is 42.7 Å². The van der Waals surface area contributed by atoms with E-state index in [0.717, 1.165) is 16.5 Å². The van der Waals surface area contributed by atoms with E-state index in [0.29, 0.717) is 24.6 Å². The number of furan rings is 1. The summed E-state index contributed by atoms with van der Waals surface area (Å²) in [5, 5.41) is 3.09. The van der Waals surface area contributed by atoms with E-state index in [2.05, 4.69) is 11.4 Å². The second-order valence-corrected chi connectivity index (χ2v) is 9.72. The van der Waals surface area contributed by atoms with Crippen LogP contribution in [0.4, 0.5) is 0 Å². The molecule has 1 fully saturated rings. The summed E-state index contributed by atoms with van der Waals surface area (Å²) < 4.78 is 13.2. The lowest BCUT2D eigenvalue weighted by atomic mass is 10.0. The average Bonchev–Trinajstić information content (AvgIpc) is 3.25. The molecule has 2 aromatic heterocycles. The zero-order valence-electron chi connectivity index (χ0n) is 15.7. The number of carbonyl (C=O) groups is 1. The van der Waals surface area contributed by atoms with Gasteiger partial charge in [0.15, 0.2) is 5.76 Å². The number of thioether (sulfide) groups is 1. The van der Waals surface area contributed by atoms with Gasteiger partial charge in [0.2, 0.25) is 0 Å². The molecule has 6 heteroatoms. The molecule has 1 saturated heterocycles. The molecule has 0 aliphatic carbocycles. The van der Waals surface area contributed by atoms with Crippen molar-refractivity contribution in [1.82, 2.24) is 4.90 Å². The van der Waals surface area contributed by atoms with Crippen molar-refractivity contribution in [3.05, 3.63) is 53.1 Å². The van der Waals surface area contributed by atoms with Crippen LogP contribution in [0.2, 0.25) is 0 Å². The molecule has 0 spiro atoms. The number of benzene rings is 1. The Morgan fingerprint density at radius 3 is 2.85 bits per heavy atom. The van der Waals surface area contributed by atoms with Crippen LogP contribution in [0, 0.1) is 0 Å². The van der Waals surface area contributed by atoms with Gasteiger partial charge in [0.25, 0.3) is 5.91 Å². The van der Waals surface area contributed by atoms with Gasteiger partial charge in [-0.15, -0.1) is 23.1 Å². The normalized spacial score (nSPS) is 19.5. The van der Waals surface area contributed by atoms with Crippen LogP contribution in [-0.2, 0) is 10.5 Å². The second kappa shape index (κ2) is 7.34. The number of amides is 1. The number of carbonyl (C=O) groups excluding carboxylic acids is 1. The van der Waals surface area contributed by atoms with Crippen LogP contribution < -0.4 is 0 Å². The summed E-state index contributed by atoms with van der Waals surface area (Å²) >= 11 is 3.45. The highest BCUT2D eigenvalue weighted by Gasteiger charge is 2.36. The van der Waals surface area contributed by atoms with Crippen molar-refractivity contribution in [2.75, 3.05) is 13.1 Å². The maximum atomic E-state index is 13.4. The maximum absolute atomic E-state index is 13.4. The molecule has 4 rings (SSSR count). The standard InChI is InChI=1S/C21H23NO3S2/c1-14-11-22(13-21(2,3)25-14)20(23)19-16(12-27-18-9-6-10-26-18)15-7-4-5-8-17(15)24-19/h4-10,14H,11-13H2,1-3H3/t14-/m1/s1. The van der Waals surface area contributed by atoms with E-state index in [4.69, 9.17) is 9.15 Å². The summed E-state index contributed by atoms with van der Waals surface area (Å²) in [6.07, 6.45) is 0.00558. The van der Waals surface area contributed by atoms with Crippen molar-refractivity contribution in [2.45, 2.75) is 42.4 Å². The molecule has 4 nitrogen and oxygen atoms in total. The lowest BCUT2D eigenvalue weighted by molar-refractivity contribution is -0.119. The van der Waals surface area contributed by atoms with Gasteiger partial charge in [-0.25, -0.2) is 0 Å². The van der Waals surface area contributed by atoms with Gasteiger partial charge in [0.1, 0.15) is 5.58 Å². The summed E-state index contributed by atoms with van der Waals surface area (Å²) in [5.74, 6) is 1.13. The quantitative estimate of drug-likeness (QED) is 0.547. The van der Waals surface area contributed by atoms with Gasteiger partial charge in [-0.2, -0.15) is 0 Å². The van der Waals surface area contributed by atoms with E-state index in [1.807, 2.05) is 56.0 Å². The predicted molar refractivity (Wildman–Crippen MR) is 111 cm³/mol. The van der Waals surface area contributed by atoms with Gasteiger partial charge in [0.05, 0.1) is 15.9 Å². The van der Waals surface area contributed by atoms with E-state index in [9.17, 15) is 4.79 Å². The maximum Gasteiger partial charge on any atom is 0.290 e. The Hall–Kier alpha value is -1.76. The molecular weight excluding hydrogens is 378 g/mol. The molecule has 1 aliphatic rings.